The first kappa shape index (κ1) is 21.8. The molecule has 0 atom stereocenters. The van der Waals surface area contributed by atoms with E-state index in [4.69, 9.17) is 0 Å². The summed E-state index contributed by atoms with van der Waals surface area (Å²) in [4.78, 5) is 12.2. The number of para-hydroxylation sites is 2. The number of imidazole rings is 1. The van der Waals surface area contributed by atoms with E-state index in [2.05, 4.69) is 55.0 Å². The molecule has 8 heteroatoms. The first-order chi connectivity index (χ1) is 14.3. The van der Waals surface area contributed by atoms with Crippen LogP contribution in [-0.2, 0) is 12.8 Å². The number of aliphatic imine (C=N–C) groups is 1. The molecule has 3 N–H and O–H groups in total. The first-order valence-corrected chi connectivity index (χ1v) is 9.79. The summed E-state index contributed by atoms with van der Waals surface area (Å²) >= 11 is 0. The second-order valence-electron chi connectivity index (χ2n) is 6.74. The van der Waals surface area contributed by atoms with Crippen LogP contribution in [0.2, 0.25) is 0 Å². The van der Waals surface area contributed by atoms with Crippen molar-refractivity contribution in [3.05, 3.63) is 78.4 Å². The molecule has 2 heterocycles. The van der Waals surface area contributed by atoms with Gasteiger partial charge in [-0.3, -0.25) is 4.99 Å². The molecule has 0 amide bonds. The van der Waals surface area contributed by atoms with Crippen LogP contribution in [0, 0.1) is 0 Å². The average molecular weight is 515 g/mol. The number of guanidine groups is 1. The first-order valence-electron chi connectivity index (χ1n) is 9.79. The zero-order valence-corrected chi connectivity index (χ0v) is 19.2. The number of H-pyrrole nitrogens is 1. The molecule has 0 fully saturated rings. The van der Waals surface area contributed by atoms with Crippen LogP contribution in [0.5, 0.6) is 0 Å². The number of nitrogens with zero attached hydrogens (tertiary/aromatic N) is 4. The highest BCUT2D eigenvalue weighted by molar-refractivity contribution is 14.0. The molecule has 0 bridgehead atoms. The predicted octanol–water partition coefficient (Wildman–Crippen LogP) is 3.32. The molecule has 0 saturated carbocycles. The van der Waals surface area contributed by atoms with Gasteiger partial charge >= 0.3 is 0 Å². The van der Waals surface area contributed by atoms with Gasteiger partial charge in [-0.1, -0.05) is 24.3 Å². The van der Waals surface area contributed by atoms with Crippen LogP contribution >= 0.6 is 24.0 Å². The van der Waals surface area contributed by atoms with Crippen molar-refractivity contribution in [1.82, 2.24) is 30.4 Å². The van der Waals surface area contributed by atoms with Gasteiger partial charge in [0.25, 0.3) is 0 Å². The molecule has 0 unspecified atom stereocenters. The zero-order valence-electron chi connectivity index (χ0n) is 16.9. The van der Waals surface area contributed by atoms with E-state index in [1.807, 2.05) is 41.2 Å². The van der Waals surface area contributed by atoms with Crippen molar-refractivity contribution in [3.8, 4) is 5.69 Å². The second-order valence-corrected chi connectivity index (χ2v) is 6.74. The number of fused-ring (bicyclic) bond motifs is 1. The summed E-state index contributed by atoms with van der Waals surface area (Å²) in [7, 11) is 1.79. The maximum atomic E-state index is 4.60. The minimum atomic E-state index is 0. The highest BCUT2D eigenvalue weighted by Gasteiger charge is 2.03. The maximum Gasteiger partial charge on any atom is 0.191 e. The van der Waals surface area contributed by atoms with Crippen molar-refractivity contribution in [3.63, 3.8) is 0 Å². The van der Waals surface area contributed by atoms with Crippen LogP contribution in [0.4, 0.5) is 0 Å². The Kier molecular flexibility index (Phi) is 7.83. The standard InChI is InChI=1S/C22H25N7.HI/c1-23-22(25-15-12-21-27-19-5-2-3-6-20(19)28-21)24-14-11-17-7-9-18(10-8-17)29-16-4-13-26-29;/h2-10,13,16H,11-12,14-15H2,1H3,(H,27,28)(H2,23,24,25);1H. The van der Waals surface area contributed by atoms with Gasteiger partial charge in [-0.15, -0.1) is 24.0 Å². The van der Waals surface area contributed by atoms with Gasteiger partial charge in [0, 0.05) is 39.0 Å². The number of rotatable bonds is 7. The second kappa shape index (κ2) is 10.8. The number of nitrogens with one attached hydrogen (secondary N) is 3. The minimum Gasteiger partial charge on any atom is -0.356 e. The predicted molar refractivity (Wildman–Crippen MR) is 132 cm³/mol. The van der Waals surface area contributed by atoms with Gasteiger partial charge in [-0.25, -0.2) is 9.67 Å². The molecule has 4 rings (SSSR count). The summed E-state index contributed by atoms with van der Waals surface area (Å²) < 4.78 is 1.86. The molecule has 156 valence electrons. The van der Waals surface area contributed by atoms with Gasteiger partial charge in [-0.2, -0.15) is 5.10 Å². The summed E-state index contributed by atoms with van der Waals surface area (Å²) in [6.45, 7) is 1.57. The molecule has 7 nitrogen and oxygen atoms in total. The Balaban J connectivity index is 0.00000256. The smallest absolute Gasteiger partial charge is 0.191 e. The average Bonchev–Trinajstić information content (AvgIpc) is 3.43. The van der Waals surface area contributed by atoms with Crippen molar-refractivity contribution in [2.75, 3.05) is 20.1 Å². The summed E-state index contributed by atoms with van der Waals surface area (Å²) in [6, 6.07) is 18.4. The van der Waals surface area contributed by atoms with Crippen LogP contribution in [0.15, 0.2) is 72.0 Å². The molecule has 0 aliphatic carbocycles. The fourth-order valence-corrected chi connectivity index (χ4v) is 3.21. The SMILES string of the molecule is CN=C(NCCc1ccc(-n2cccn2)cc1)NCCc1nc2ccccc2[nH]1.I. The fourth-order valence-electron chi connectivity index (χ4n) is 3.21. The Morgan fingerprint density at radius 1 is 1.00 bits per heavy atom. The van der Waals surface area contributed by atoms with Crippen molar-refractivity contribution in [2.45, 2.75) is 12.8 Å². The largest absolute Gasteiger partial charge is 0.356 e. The van der Waals surface area contributed by atoms with Crippen LogP contribution < -0.4 is 10.6 Å². The van der Waals surface area contributed by atoms with E-state index in [-0.39, 0.29) is 24.0 Å². The number of benzene rings is 2. The van der Waals surface area contributed by atoms with E-state index in [0.717, 1.165) is 54.4 Å². The van der Waals surface area contributed by atoms with E-state index in [1.165, 1.54) is 5.56 Å². The molecular weight excluding hydrogens is 489 g/mol. The Hall–Kier alpha value is -2.88. The Morgan fingerprint density at radius 3 is 2.47 bits per heavy atom. The third kappa shape index (κ3) is 5.59. The third-order valence-corrected chi connectivity index (χ3v) is 4.73. The molecule has 2 aromatic carbocycles. The van der Waals surface area contributed by atoms with Crippen LogP contribution in [-0.4, -0.2) is 45.8 Å². The van der Waals surface area contributed by atoms with Crippen molar-refractivity contribution >= 4 is 41.0 Å². The molecule has 0 aliphatic rings. The monoisotopic (exact) mass is 515 g/mol. The van der Waals surface area contributed by atoms with Gasteiger partial charge in [-0.05, 0) is 42.3 Å². The number of aromatic amines is 1. The Bertz CT molecular complexity index is 1040. The maximum absolute atomic E-state index is 4.60. The van der Waals surface area contributed by atoms with Gasteiger partial charge in [0.2, 0.25) is 0 Å². The lowest BCUT2D eigenvalue weighted by Gasteiger charge is -2.11. The summed E-state index contributed by atoms with van der Waals surface area (Å²) in [5.74, 6) is 1.78. The molecule has 4 aromatic rings. The lowest BCUT2D eigenvalue weighted by atomic mass is 10.1. The normalized spacial score (nSPS) is 11.3. The lowest BCUT2D eigenvalue weighted by molar-refractivity contribution is 0.770. The van der Waals surface area contributed by atoms with Gasteiger partial charge in [0.05, 0.1) is 16.7 Å². The molecule has 0 radical (unpaired) electrons. The van der Waals surface area contributed by atoms with E-state index in [9.17, 15) is 0 Å². The molecule has 0 saturated heterocycles. The fraction of sp³-hybridized carbons (Fsp3) is 0.227. The molecule has 30 heavy (non-hydrogen) atoms. The number of aromatic nitrogens is 4. The van der Waals surface area contributed by atoms with Crippen molar-refractivity contribution in [1.29, 1.82) is 0 Å². The van der Waals surface area contributed by atoms with Gasteiger partial charge in [0.15, 0.2) is 5.96 Å². The molecule has 2 aromatic heterocycles. The quantitative estimate of drug-likeness (QED) is 0.201. The van der Waals surface area contributed by atoms with E-state index >= 15 is 0 Å². The Morgan fingerprint density at radius 2 is 1.77 bits per heavy atom. The van der Waals surface area contributed by atoms with Crippen LogP contribution in [0.25, 0.3) is 16.7 Å². The van der Waals surface area contributed by atoms with Crippen LogP contribution in [0.3, 0.4) is 0 Å². The number of hydrogen-bond acceptors (Lipinski definition) is 3. The third-order valence-electron chi connectivity index (χ3n) is 4.73. The van der Waals surface area contributed by atoms with Gasteiger partial charge in [0.1, 0.15) is 5.82 Å². The molecular formula is C22H26IN7. The zero-order chi connectivity index (χ0) is 19.9. The summed E-state index contributed by atoms with van der Waals surface area (Å²) in [6.07, 6.45) is 5.45. The summed E-state index contributed by atoms with van der Waals surface area (Å²) in [5.41, 5.74) is 4.41. The minimum absolute atomic E-state index is 0. The molecule has 0 spiro atoms. The van der Waals surface area contributed by atoms with Crippen molar-refractivity contribution < 1.29 is 0 Å². The van der Waals surface area contributed by atoms with E-state index in [0.29, 0.717) is 0 Å². The summed E-state index contributed by atoms with van der Waals surface area (Å²) in [5, 5.41) is 11.0. The highest BCUT2D eigenvalue weighted by Crippen LogP contribution is 2.10. The topological polar surface area (TPSA) is 82.9 Å². The highest BCUT2D eigenvalue weighted by atomic mass is 127. The van der Waals surface area contributed by atoms with E-state index < -0.39 is 0 Å². The van der Waals surface area contributed by atoms with Crippen molar-refractivity contribution in [2.24, 2.45) is 4.99 Å². The van der Waals surface area contributed by atoms with Gasteiger partial charge < -0.3 is 15.6 Å². The lowest BCUT2D eigenvalue weighted by Crippen LogP contribution is -2.39. The number of halogens is 1. The van der Waals surface area contributed by atoms with Crippen LogP contribution in [0.1, 0.15) is 11.4 Å². The molecule has 0 aliphatic heterocycles. The number of hydrogen-bond donors (Lipinski definition) is 3. The Labute approximate surface area is 193 Å². The van der Waals surface area contributed by atoms with E-state index in [1.54, 1.807) is 13.2 Å².